The van der Waals surface area contributed by atoms with Crippen molar-refractivity contribution in [2.75, 3.05) is 0 Å². The molecule has 19 heavy (non-hydrogen) atoms. The third-order valence-corrected chi connectivity index (χ3v) is 5.03. The van der Waals surface area contributed by atoms with Gasteiger partial charge in [0.2, 0.25) is 0 Å². The number of rotatable bonds is 3. The van der Waals surface area contributed by atoms with E-state index in [1.165, 1.54) is 14.0 Å². The molecule has 0 fully saturated rings. The molecule has 0 amide bonds. The van der Waals surface area contributed by atoms with E-state index in [1.807, 2.05) is 5.38 Å². The Labute approximate surface area is 132 Å². The fourth-order valence-corrected chi connectivity index (χ4v) is 3.40. The molecular formula is C16H19IOS. The Morgan fingerprint density at radius 1 is 1.21 bits per heavy atom. The lowest BCUT2D eigenvalue weighted by molar-refractivity contribution is 0.179. The van der Waals surface area contributed by atoms with Crippen molar-refractivity contribution in [2.45, 2.75) is 38.7 Å². The molecule has 0 radical (unpaired) electrons. The monoisotopic (exact) mass is 386 g/mol. The Kier molecular flexibility index (Phi) is 4.69. The fourth-order valence-electron chi connectivity index (χ4n) is 1.98. The summed E-state index contributed by atoms with van der Waals surface area (Å²) in [6.45, 7) is 6.64. The van der Waals surface area contributed by atoms with Gasteiger partial charge in [-0.2, -0.15) is 0 Å². The number of halogens is 1. The van der Waals surface area contributed by atoms with Crippen LogP contribution in [0.5, 0.6) is 0 Å². The molecule has 102 valence electrons. The molecule has 1 nitrogen and oxygen atoms in total. The minimum absolute atomic E-state index is 0.181. The van der Waals surface area contributed by atoms with Gasteiger partial charge < -0.3 is 5.11 Å². The molecule has 0 aliphatic rings. The standard InChI is InChI=1S/C16H19IOS/c1-16(2,3)13-6-4-11(5-7-13)8-14(18)12-9-15(17)19-10-12/h4-7,9-10,14,18H,8H2,1-3H3. The fraction of sp³-hybridized carbons (Fsp3) is 0.375. The van der Waals surface area contributed by atoms with Crippen molar-refractivity contribution in [2.24, 2.45) is 0 Å². The van der Waals surface area contributed by atoms with Crippen LogP contribution in [-0.2, 0) is 11.8 Å². The second-order valence-electron chi connectivity index (χ2n) is 5.85. The number of aliphatic hydroxyl groups excluding tert-OH is 1. The molecule has 0 spiro atoms. The number of aliphatic hydroxyl groups is 1. The summed E-state index contributed by atoms with van der Waals surface area (Å²) in [6, 6.07) is 10.6. The average molecular weight is 386 g/mol. The lowest BCUT2D eigenvalue weighted by Gasteiger charge is -2.19. The van der Waals surface area contributed by atoms with Crippen LogP contribution in [0.2, 0.25) is 0 Å². The molecule has 1 unspecified atom stereocenters. The average Bonchev–Trinajstić information content (AvgIpc) is 2.75. The summed E-state index contributed by atoms with van der Waals surface area (Å²) < 4.78 is 1.22. The first-order chi connectivity index (χ1) is 8.86. The van der Waals surface area contributed by atoms with Crippen LogP contribution in [0.25, 0.3) is 0 Å². The van der Waals surface area contributed by atoms with Crippen molar-refractivity contribution in [3.8, 4) is 0 Å². The molecule has 2 rings (SSSR count). The van der Waals surface area contributed by atoms with Gasteiger partial charge >= 0.3 is 0 Å². The Hall–Kier alpha value is -0.390. The summed E-state index contributed by atoms with van der Waals surface area (Å²) in [5.74, 6) is 0. The quantitative estimate of drug-likeness (QED) is 0.742. The number of thiophene rings is 1. The zero-order chi connectivity index (χ0) is 14.0. The maximum atomic E-state index is 10.2. The van der Waals surface area contributed by atoms with E-state index in [-0.39, 0.29) is 5.41 Å². The molecule has 3 heteroatoms. The van der Waals surface area contributed by atoms with Crippen LogP contribution in [0.15, 0.2) is 35.7 Å². The molecular weight excluding hydrogens is 367 g/mol. The summed E-state index contributed by atoms with van der Waals surface area (Å²) in [5, 5.41) is 12.3. The van der Waals surface area contributed by atoms with Crippen LogP contribution in [0.3, 0.4) is 0 Å². The van der Waals surface area contributed by atoms with Gasteiger partial charge in [-0.25, -0.2) is 0 Å². The highest BCUT2D eigenvalue weighted by atomic mass is 127. The summed E-state index contributed by atoms with van der Waals surface area (Å²) in [5.41, 5.74) is 3.72. The summed E-state index contributed by atoms with van der Waals surface area (Å²) in [6.07, 6.45) is 0.275. The first-order valence-corrected chi connectivity index (χ1v) is 8.33. The molecule has 0 saturated carbocycles. The first kappa shape index (κ1) is 15.0. The van der Waals surface area contributed by atoms with Gasteiger partial charge in [0.25, 0.3) is 0 Å². The van der Waals surface area contributed by atoms with Gasteiger partial charge in [-0.3, -0.25) is 0 Å². The van der Waals surface area contributed by atoms with E-state index < -0.39 is 6.10 Å². The largest absolute Gasteiger partial charge is 0.388 e. The van der Waals surface area contributed by atoms with Crippen molar-refractivity contribution < 1.29 is 5.11 Å². The topological polar surface area (TPSA) is 20.2 Å². The third-order valence-electron chi connectivity index (χ3n) is 3.22. The van der Waals surface area contributed by atoms with Gasteiger partial charge in [-0.05, 0) is 56.1 Å². The molecule has 1 atom stereocenters. The Bertz CT molecular complexity index is 537. The van der Waals surface area contributed by atoms with Crippen LogP contribution in [0, 0.1) is 2.88 Å². The minimum Gasteiger partial charge on any atom is -0.388 e. The Morgan fingerprint density at radius 3 is 2.32 bits per heavy atom. The number of benzene rings is 1. The van der Waals surface area contributed by atoms with E-state index in [9.17, 15) is 5.11 Å². The van der Waals surface area contributed by atoms with Crippen LogP contribution in [-0.4, -0.2) is 5.11 Å². The molecule has 2 aromatic rings. The molecule has 1 aromatic heterocycles. The van der Waals surface area contributed by atoms with Crippen molar-refractivity contribution in [1.29, 1.82) is 0 Å². The van der Waals surface area contributed by atoms with Gasteiger partial charge in [0, 0.05) is 6.42 Å². The Balaban J connectivity index is 2.07. The van der Waals surface area contributed by atoms with Gasteiger partial charge in [0.1, 0.15) is 0 Å². The second kappa shape index (κ2) is 5.94. The molecule has 0 bridgehead atoms. The number of hydrogen-bond acceptors (Lipinski definition) is 2. The zero-order valence-electron chi connectivity index (χ0n) is 11.5. The van der Waals surface area contributed by atoms with Crippen LogP contribution < -0.4 is 0 Å². The van der Waals surface area contributed by atoms with Gasteiger partial charge in [-0.15, -0.1) is 11.3 Å². The van der Waals surface area contributed by atoms with Gasteiger partial charge in [0.05, 0.1) is 8.99 Å². The van der Waals surface area contributed by atoms with E-state index >= 15 is 0 Å². The van der Waals surface area contributed by atoms with E-state index in [0.717, 1.165) is 5.56 Å². The first-order valence-electron chi connectivity index (χ1n) is 6.37. The highest BCUT2D eigenvalue weighted by Gasteiger charge is 2.14. The number of hydrogen-bond donors (Lipinski definition) is 1. The lowest BCUT2D eigenvalue weighted by atomic mass is 9.86. The van der Waals surface area contributed by atoms with Crippen molar-refractivity contribution >= 4 is 33.9 Å². The summed E-state index contributed by atoms with van der Waals surface area (Å²) in [4.78, 5) is 0. The summed E-state index contributed by atoms with van der Waals surface area (Å²) in [7, 11) is 0. The molecule has 0 aliphatic heterocycles. The molecule has 1 N–H and O–H groups in total. The zero-order valence-corrected chi connectivity index (χ0v) is 14.5. The van der Waals surface area contributed by atoms with Crippen molar-refractivity contribution in [3.63, 3.8) is 0 Å². The SMILES string of the molecule is CC(C)(C)c1ccc(CC(O)c2csc(I)c2)cc1. The maximum Gasteiger partial charge on any atom is 0.0838 e. The van der Waals surface area contributed by atoms with Crippen LogP contribution in [0.1, 0.15) is 43.6 Å². The summed E-state index contributed by atoms with van der Waals surface area (Å²) >= 11 is 3.96. The molecule has 0 saturated heterocycles. The Morgan fingerprint density at radius 2 is 1.84 bits per heavy atom. The third kappa shape index (κ3) is 4.04. The lowest BCUT2D eigenvalue weighted by Crippen LogP contribution is -2.11. The van der Waals surface area contributed by atoms with E-state index in [1.54, 1.807) is 11.3 Å². The minimum atomic E-state index is -0.403. The molecule has 1 heterocycles. The van der Waals surface area contributed by atoms with Gasteiger partial charge in [-0.1, -0.05) is 45.0 Å². The highest BCUT2D eigenvalue weighted by molar-refractivity contribution is 14.1. The van der Waals surface area contributed by atoms with E-state index in [4.69, 9.17) is 0 Å². The van der Waals surface area contributed by atoms with E-state index in [2.05, 4.69) is 73.7 Å². The normalized spacial score (nSPS) is 13.5. The molecule has 0 aliphatic carbocycles. The van der Waals surface area contributed by atoms with E-state index in [0.29, 0.717) is 6.42 Å². The smallest absolute Gasteiger partial charge is 0.0838 e. The predicted octanol–water partition coefficient (Wildman–Crippen LogP) is 4.93. The maximum absolute atomic E-state index is 10.2. The molecule has 1 aromatic carbocycles. The van der Waals surface area contributed by atoms with Crippen molar-refractivity contribution in [1.82, 2.24) is 0 Å². The van der Waals surface area contributed by atoms with Crippen molar-refractivity contribution in [3.05, 3.63) is 55.3 Å². The van der Waals surface area contributed by atoms with Crippen LogP contribution >= 0.6 is 33.9 Å². The highest BCUT2D eigenvalue weighted by Crippen LogP contribution is 2.26. The van der Waals surface area contributed by atoms with Gasteiger partial charge in [0.15, 0.2) is 0 Å². The predicted molar refractivity (Wildman–Crippen MR) is 90.8 cm³/mol. The second-order valence-corrected chi connectivity index (χ2v) is 8.66. The van der Waals surface area contributed by atoms with Crippen LogP contribution in [0.4, 0.5) is 0 Å².